The van der Waals surface area contributed by atoms with Crippen molar-refractivity contribution in [1.82, 2.24) is 9.38 Å². The molecule has 0 saturated carbocycles. The van der Waals surface area contributed by atoms with Gasteiger partial charge in [0.25, 0.3) is 0 Å². The molecule has 1 unspecified atom stereocenters. The number of nitrogens with one attached hydrogen (secondary N) is 1. The molecule has 2 aliphatic carbocycles. The number of anilines is 3. The fraction of sp³-hybridized carbons (Fsp3) is 0.0784. The van der Waals surface area contributed by atoms with Gasteiger partial charge in [-0.1, -0.05) is 97.1 Å². The van der Waals surface area contributed by atoms with Crippen molar-refractivity contribution >= 4 is 46.4 Å². The summed E-state index contributed by atoms with van der Waals surface area (Å²) >= 11 is 0. The number of allylic oxidation sites excluding steroid dienone is 5. The molecule has 3 aromatic heterocycles. The predicted molar refractivity (Wildman–Crippen MR) is 230 cm³/mol. The number of rotatable bonds is 9. The van der Waals surface area contributed by atoms with Crippen LogP contribution in [-0.4, -0.2) is 15.9 Å². The van der Waals surface area contributed by atoms with E-state index in [0.29, 0.717) is 5.92 Å². The maximum Gasteiger partial charge on any atom is 0.0702 e. The van der Waals surface area contributed by atoms with Crippen LogP contribution in [0.4, 0.5) is 17.1 Å². The van der Waals surface area contributed by atoms with Crippen molar-refractivity contribution in [3.8, 4) is 22.3 Å². The van der Waals surface area contributed by atoms with Crippen molar-refractivity contribution in [2.45, 2.75) is 13.3 Å². The van der Waals surface area contributed by atoms with Gasteiger partial charge in [0.1, 0.15) is 0 Å². The molecule has 3 aliphatic rings. The van der Waals surface area contributed by atoms with Crippen LogP contribution in [0.15, 0.2) is 182 Å². The number of benzene rings is 4. The van der Waals surface area contributed by atoms with Gasteiger partial charge < -0.3 is 14.6 Å². The molecule has 7 aromatic rings. The van der Waals surface area contributed by atoms with Crippen LogP contribution >= 0.6 is 0 Å². The van der Waals surface area contributed by atoms with Crippen LogP contribution in [0.1, 0.15) is 23.6 Å². The molecule has 55 heavy (non-hydrogen) atoms. The summed E-state index contributed by atoms with van der Waals surface area (Å²) in [5.41, 5.74) is 17.2. The minimum absolute atomic E-state index is 0.382. The van der Waals surface area contributed by atoms with E-state index >= 15 is 0 Å². The molecule has 4 nitrogen and oxygen atoms in total. The lowest BCUT2D eigenvalue weighted by molar-refractivity contribution is 1.17. The number of aromatic nitrogens is 2. The Hall–Kier alpha value is -6.91. The van der Waals surface area contributed by atoms with E-state index in [1.165, 1.54) is 66.5 Å². The molecule has 0 fully saturated rings. The monoisotopic (exact) mass is 708 g/mol. The van der Waals surface area contributed by atoms with Crippen LogP contribution in [0.5, 0.6) is 0 Å². The molecule has 264 valence electrons. The summed E-state index contributed by atoms with van der Waals surface area (Å²) in [5.74, 6) is 0.382. The minimum atomic E-state index is 0.382. The molecule has 1 atom stereocenters. The molecule has 0 radical (unpaired) electrons. The molecule has 4 aromatic carbocycles. The summed E-state index contributed by atoms with van der Waals surface area (Å²) in [6.45, 7) is 3.01. The quantitative estimate of drug-likeness (QED) is 0.152. The largest absolute Gasteiger partial charge is 0.381 e. The predicted octanol–water partition coefficient (Wildman–Crippen LogP) is 10.6. The summed E-state index contributed by atoms with van der Waals surface area (Å²) in [5, 5.41) is 5.74. The van der Waals surface area contributed by atoms with E-state index in [1.807, 2.05) is 12.3 Å². The van der Waals surface area contributed by atoms with E-state index in [4.69, 9.17) is 0 Å². The van der Waals surface area contributed by atoms with Crippen molar-refractivity contribution in [3.63, 3.8) is 0 Å². The van der Waals surface area contributed by atoms with Gasteiger partial charge in [0, 0.05) is 64.9 Å². The zero-order chi connectivity index (χ0) is 36.7. The molecular formula is C51H40N4. The third-order valence-electron chi connectivity index (χ3n) is 11.0. The highest BCUT2D eigenvalue weighted by molar-refractivity contribution is 5.99. The lowest BCUT2D eigenvalue weighted by atomic mass is 10.0. The Balaban J connectivity index is 0.940. The molecular weight excluding hydrogens is 669 g/mol. The Morgan fingerprint density at radius 1 is 0.800 bits per heavy atom. The van der Waals surface area contributed by atoms with E-state index in [2.05, 4.69) is 203 Å². The van der Waals surface area contributed by atoms with Crippen LogP contribution in [0.25, 0.3) is 51.6 Å². The number of nitrogens with zero attached hydrogens (tertiary/aromatic N) is 3. The highest BCUT2D eigenvalue weighted by Gasteiger charge is 2.35. The molecule has 10 rings (SSSR count). The highest BCUT2D eigenvalue weighted by atomic mass is 15.1. The van der Waals surface area contributed by atoms with Crippen LogP contribution in [0.3, 0.4) is 0 Å². The van der Waals surface area contributed by atoms with Gasteiger partial charge in [0.2, 0.25) is 0 Å². The molecule has 4 heterocycles. The van der Waals surface area contributed by atoms with Gasteiger partial charge in [-0.2, -0.15) is 0 Å². The van der Waals surface area contributed by atoms with Gasteiger partial charge in [-0.25, -0.2) is 0 Å². The van der Waals surface area contributed by atoms with E-state index in [9.17, 15) is 0 Å². The molecule has 1 aliphatic heterocycles. The average molecular weight is 709 g/mol. The zero-order valence-corrected chi connectivity index (χ0v) is 30.7. The van der Waals surface area contributed by atoms with Gasteiger partial charge in [0.05, 0.1) is 5.35 Å². The summed E-state index contributed by atoms with van der Waals surface area (Å²) in [6.07, 6.45) is 22.7. The lowest BCUT2D eigenvalue weighted by Crippen LogP contribution is -2.29. The molecule has 4 heteroatoms. The maximum atomic E-state index is 4.59. The van der Waals surface area contributed by atoms with Crippen LogP contribution in [-0.2, 0) is 6.42 Å². The number of fused-ring (bicyclic) bond motifs is 4. The Bertz CT molecular complexity index is 2800. The van der Waals surface area contributed by atoms with Crippen LogP contribution in [0.2, 0.25) is 0 Å². The van der Waals surface area contributed by atoms with Crippen LogP contribution in [0, 0.1) is 5.92 Å². The average Bonchev–Trinajstić information content (AvgIpc) is 3.77. The Morgan fingerprint density at radius 2 is 1.55 bits per heavy atom. The zero-order valence-electron chi connectivity index (χ0n) is 30.7. The fourth-order valence-corrected chi connectivity index (χ4v) is 8.08. The second-order valence-electron chi connectivity index (χ2n) is 14.4. The van der Waals surface area contributed by atoms with Gasteiger partial charge >= 0.3 is 0 Å². The second-order valence-corrected chi connectivity index (χ2v) is 14.4. The molecule has 1 N–H and O–H groups in total. The Kier molecular flexibility index (Phi) is 8.22. The van der Waals surface area contributed by atoms with Gasteiger partial charge in [-0.3, -0.25) is 4.98 Å². The van der Waals surface area contributed by atoms with E-state index in [1.54, 1.807) is 0 Å². The second kappa shape index (κ2) is 13.8. The van der Waals surface area contributed by atoms with Gasteiger partial charge in [0.15, 0.2) is 0 Å². The molecule has 0 amide bonds. The first-order valence-corrected chi connectivity index (χ1v) is 19.1. The standard InChI is InChI=1S/C51H40N4/c1-2-43(12-5-8-35-13-26-49-40(30-35)9-6-27-52-49)55(45-24-20-39(21-25-45)51-47-32-41-10-7-28-53-50(41)33-48(47)51)44-22-18-37(19-23-44)36-14-16-38(17-15-36)42-31-46-11-3-4-29-54(46)34-42/h2-7,9-26,28-34,47,52H,8,27H2,1H3/b12-5-,43-2+. The minimum Gasteiger partial charge on any atom is -0.381 e. The topological polar surface area (TPSA) is 32.6 Å². The van der Waals surface area contributed by atoms with Crippen LogP contribution < -0.4 is 20.8 Å². The van der Waals surface area contributed by atoms with E-state index in [0.717, 1.165) is 35.4 Å². The van der Waals surface area contributed by atoms with Gasteiger partial charge in [-0.15, -0.1) is 0 Å². The normalized spacial score (nSPS) is 15.5. The lowest BCUT2D eigenvalue weighted by Gasteiger charge is -2.27. The van der Waals surface area contributed by atoms with Crippen molar-refractivity contribution in [1.29, 1.82) is 0 Å². The third kappa shape index (κ3) is 6.32. The number of hydrogen-bond acceptors (Lipinski definition) is 3. The third-order valence-corrected chi connectivity index (χ3v) is 11.0. The summed E-state index contributed by atoms with van der Waals surface area (Å²) in [7, 11) is 0. The van der Waals surface area contributed by atoms with E-state index in [-0.39, 0.29) is 0 Å². The molecule has 0 spiro atoms. The number of pyridine rings is 2. The SMILES string of the molecule is C/C=C(\C=C/Cc1ccc2c(c1)C=CCN2)N(c1ccc(C2=C3C=c4ncccc4=CC32)cc1)c1ccc(-c2ccc(-c3cc4ccccn4c3)cc2)cc1. The van der Waals surface area contributed by atoms with Crippen molar-refractivity contribution in [2.24, 2.45) is 5.92 Å². The van der Waals surface area contributed by atoms with Crippen molar-refractivity contribution in [2.75, 3.05) is 16.8 Å². The maximum absolute atomic E-state index is 4.59. The summed E-state index contributed by atoms with van der Waals surface area (Å²) in [4.78, 5) is 6.95. The van der Waals surface area contributed by atoms with E-state index < -0.39 is 0 Å². The van der Waals surface area contributed by atoms with Crippen molar-refractivity contribution in [3.05, 3.63) is 209 Å². The summed E-state index contributed by atoms with van der Waals surface area (Å²) < 4.78 is 2.17. The Labute approximate surface area is 321 Å². The van der Waals surface area contributed by atoms with Crippen molar-refractivity contribution < 1.29 is 0 Å². The molecule has 0 saturated heterocycles. The Morgan fingerprint density at radius 3 is 2.31 bits per heavy atom. The number of hydrogen-bond donors (Lipinski definition) is 1. The fourth-order valence-electron chi connectivity index (χ4n) is 8.08. The molecule has 0 bridgehead atoms. The highest BCUT2D eigenvalue weighted by Crippen LogP contribution is 2.50. The summed E-state index contributed by atoms with van der Waals surface area (Å²) in [6, 6.07) is 46.3. The van der Waals surface area contributed by atoms with Gasteiger partial charge in [-0.05, 0) is 136 Å². The first-order chi connectivity index (χ1) is 27.2. The first-order valence-electron chi connectivity index (χ1n) is 19.1. The first kappa shape index (κ1) is 32.7. The smallest absolute Gasteiger partial charge is 0.0702 e.